The van der Waals surface area contributed by atoms with E-state index in [1.807, 2.05) is 28.8 Å². The van der Waals surface area contributed by atoms with E-state index in [0.29, 0.717) is 35.8 Å². The summed E-state index contributed by atoms with van der Waals surface area (Å²) in [6.07, 6.45) is 5.24. The monoisotopic (exact) mass is 441 g/mol. The summed E-state index contributed by atoms with van der Waals surface area (Å²) in [5.74, 6) is 0.456. The molecule has 32 heavy (non-hydrogen) atoms. The second kappa shape index (κ2) is 8.35. The maximum absolute atomic E-state index is 12.7. The normalized spacial score (nSPS) is 11.3. The highest BCUT2D eigenvalue weighted by Crippen LogP contribution is 2.24. The van der Waals surface area contributed by atoms with E-state index in [-0.39, 0.29) is 5.69 Å². The summed E-state index contributed by atoms with van der Waals surface area (Å²) >= 11 is 1.71. The summed E-state index contributed by atoms with van der Waals surface area (Å²) in [7, 11) is 0. The Kier molecular flexibility index (Phi) is 5.24. The van der Waals surface area contributed by atoms with Gasteiger partial charge in [-0.15, -0.1) is 11.8 Å². The van der Waals surface area contributed by atoms with Crippen molar-refractivity contribution in [2.75, 3.05) is 6.26 Å². The van der Waals surface area contributed by atoms with Gasteiger partial charge in [0.1, 0.15) is 17.5 Å². The second-order valence-electron chi connectivity index (χ2n) is 7.24. The van der Waals surface area contributed by atoms with Crippen LogP contribution in [0.25, 0.3) is 22.7 Å². The number of thioether (sulfide) groups is 1. The Balaban J connectivity index is 1.51. The van der Waals surface area contributed by atoms with Crippen molar-refractivity contribution in [3.63, 3.8) is 0 Å². The summed E-state index contributed by atoms with van der Waals surface area (Å²) in [5, 5.41) is 0. The molecule has 0 saturated carbocycles. The van der Waals surface area contributed by atoms with E-state index in [2.05, 4.69) is 62.2 Å². The fraction of sp³-hybridized carbons (Fsp3) is 0.130. The molecule has 3 aromatic rings. The number of benzene rings is 2. The predicted molar refractivity (Wildman–Crippen MR) is 126 cm³/mol. The van der Waals surface area contributed by atoms with E-state index in [0.717, 1.165) is 16.8 Å². The van der Waals surface area contributed by atoms with Gasteiger partial charge in [0.2, 0.25) is 0 Å². The van der Waals surface area contributed by atoms with Crippen LogP contribution >= 0.6 is 11.8 Å². The van der Waals surface area contributed by atoms with Crippen molar-refractivity contribution in [1.82, 2.24) is 29.1 Å². The summed E-state index contributed by atoms with van der Waals surface area (Å²) in [6.45, 7) is 4.47. The fourth-order valence-corrected chi connectivity index (χ4v) is 4.01. The van der Waals surface area contributed by atoms with Crippen LogP contribution in [0.2, 0.25) is 0 Å². The van der Waals surface area contributed by atoms with Crippen LogP contribution in [0, 0.1) is 0 Å². The second-order valence-corrected chi connectivity index (χ2v) is 8.12. The first-order chi connectivity index (χ1) is 15.7. The molecule has 8 nitrogen and oxygen atoms in total. The lowest BCUT2D eigenvalue weighted by molar-refractivity contribution is 0.758. The number of fused-ring (bicyclic) bond motifs is 3. The summed E-state index contributed by atoms with van der Waals surface area (Å²) in [6, 6.07) is 15.9. The molecular weight excluding hydrogens is 422 g/mol. The number of hydrogen-bond acceptors (Lipinski definition) is 7. The van der Waals surface area contributed by atoms with Gasteiger partial charge in [0.25, 0.3) is 0 Å². The van der Waals surface area contributed by atoms with Gasteiger partial charge < -0.3 is 4.57 Å². The van der Waals surface area contributed by atoms with Crippen LogP contribution in [-0.2, 0) is 13.1 Å². The Bertz CT molecular complexity index is 1440. The smallest absolute Gasteiger partial charge is 0.311 e. The zero-order valence-corrected chi connectivity index (χ0v) is 18.2. The number of hydrogen-bond donors (Lipinski definition) is 0. The third-order valence-electron chi connectivity index (χ3n) is 5.27. The molecular formula is C23H19N7OS. The standard InChI is InChI=1S/C23H19N7OS/c1-24-17-7-3-16(4-8-17)12-30-22-20(28-23(30)31)19-21(25-13-26-22)29(14-27-19)11-15-5-9-18(32-2)10-6-15/h3-10,13-14H,1,11-12H2,2H3. The topological polar surface area (TPSA) is 90.8 Å². The molecule has 0 aliphatic carbocycles. The average molecular weight is 442 g/mol. The maximum Gasteiger partial charge on any atom is 0.350 e. The van der Waals surface area contributed by atoms with Gasteiger partial charge in [0, 0.05) is 4.90 Å². The first-order valence-corrected chi connectivity index (χ1v) is 11.1. The Morgan fingerprint density at radius 2 is 1.69 bits per heavy atom. The van der Waals surface area contributed by atoms with Crippen LogP contribution in [0.15, 0.2) is 75.9 Å². The molecule has 0 saturated heterocycles. The molecule has 0 N–H and O–H groups in total. The number of aromatic nitrogens is 6. The first kappa shape index (κ1) is 20.1. The minimum absolute atomic E-state index is 0.341. The fourth-order valence-electron chi connectivity index (χ4n) is 3.61. The van der Waals surface area contributed by atoms with Crippen molar-refractivity contribution < 1.29 is 0 Å². The number of rotatable bonds is 6. The lowest BCUT2D eigenvalue weighted by Gasteiger charge is -2.04. The highest BCUT2D eigenvalue weighted by Gasteiger charge is 2.21. The maximum atomic E-state index is 12.7. The lowest BCUT2D eigenvalue weighted by Crippen LogP contribution is -2.17. The molecule has 2 aliphatic heterocycles. The zero-order valence-electron chi connectivity index (χ0n) is 17.3. The summed E-state index contributed by atoms with van der Waals surface area (Å²) in [4.78, 5) is 35.5. The van der Waals surface area contributed by atoms with Gasteiger partial charge in [-0.3, -0.25) is 9.56 Å². The number of nitrogens with zero attached hydrogens (tertiary/aromatic N) is 7. The first-order valence-electron chi connectivity index (χ1n) is 9.91. The Hall–Kier alpha value is -3.85. The van der Waals surface area contributed by atoms with Gasteiger partial charge in [-0.05, 0) is 48.4 Å². The minimum Gasteiger partial charge on any atom is -0.311 e. The third-order valence-corrected chi connectivity index (χ3v) is 6.02. The van der Waals surface area contributed by atoms with Gasteiger partial charge >= 0.3 is 5.69 Å². The van der Waals surface area contributed by atoms with Crippen LogP contribution in [0.5, 0.6) is 0 Å². The minimum atomic E-state index is -0.367. The Labute approximate surface area is 188 Å². The molecule has 158 valence electrons. The van der Waals surface area contributed by atoms with Crippen LogP contribution in [0.1, 0.15) is 11.1 Å². The van der Waals surface area contributed by atoms with Gasteiger partial charge in [-0.1, -0.05) is 24.3 Å². The van der Waals surface area contributed by atoms with E-state index < -0.39 is 0 Å². The highest BCUT2D eigenvalue weighted by molar-refractivity contribution is 7.98. The van der Waals surface area contributed by atoms with Crippen molar-refractivity contribution >= 4 is 35.3 Å². The van der Waals surface area contributed by atoms with Gasteiger partial charge in [0.15, 0.2) is 11.5 Å². The van der Waals surface area contributed by atoms with Crippen molar-refractivity contribution in [2.24, 2.45) is 4.99 Å². The zero-order chi connectivity index (χ0) is 22.1. The molecule has 0 spiro atoms. The molecule has 5 rings (SSSR count). The van der Waals surface area contributed by atoms with Crippen LogP contribution < -0.4 is 5.69 Å². The largest absolute Gasteiger partial charge is 0.350 e. The molecule has 0 unspecified atom stereocenters. The molecule has 2 aliphatic rings. The van der Waals surface area contributed by atoms with Crippen molar-refractivity contribution in [2.45, 2.75) is 18.0 Å². The van der Waals surface area contributed by atoms with E-state index in [4.69, 9.17) is 0 Å². The third kappa shape index (κ3) is 3.67. The molecule has 2 aromatic carbocycles. The molecule has 0 bridgehead atoms. The van der Waals surface area contributed by atoms with Gasteiger partial charge in [0.05, 0.1) is 25.1 Å². The van der Waals surface area contributed by atoms with E-state index in [1.54, 1.807) is 18.1 Å². The van der Waals surface area contributed by atoms with E-state index >= 15 is 0 Å². The number of aliphatic imine (C=N–C) groups is 1. The summed E-state index contributed by atoms with van der Waals surface area (Å²) in [5.41, 5.74) is 4.11. The quantitative estimate of drug-likeness (QED) is 0.295. The van der Waals surface area contributed by atoms with Gasteiger partial charge in [-0.2, -0.15) is 4.98 Å². The van der Waals surface area contributed by atoms with Gasteiger partial charge in [-0.25, -0.2) is 19.7 Å². The molecule has 0 fully saturated rings. The van der Waals surface area contributed by atoms with Crippen LogP contribution in [0.3, 0.4) is 0 Å². The van der Waals surface area contributed by atoms with Crippen molar-refractivity contribution in [3.8, 4) is 11.5 Å². The van der Waals surface area contributed by atoms with Crippen molar-refractivity contribution in [1.29, 1.82) is 0 Å². The van der Waals surface area contributed by atoms with E-state index in [9.17, 15) is 4.79 Å². The average Bonchev–Trinajstić information content (AvgIpc) is 3.29. The number of imidazole rings is 2. The van der Waals surface area contributed by atoms with Crippen LogP contribution in [0.4, 0.5) is 5.69 Å². The Morgan fingerprint density at radius 1 is 0.969 bits per heavy atom. The predicted octanol–water partition coefficient (Wildman–Crippen LogP) is 3.64. The van der Waals surface area contributed by atoms with Crippen LogP contribution in [-0.4, -0.2) is 42.0 Å². The molecule has 0 atom stereocenters. The molecule has 9 heteroatoms. The molecule has 1 aromatic heterocycles. The Morgan fingerprint density at radius 3 is 2.41 bits per heavy atom. The lowest BCUT2D eigenvalue weighted by atomic mass is 10.2. The SMILES string of the molecule is C=Nc1ccc(Cn2c3ncnc4c(ncn4Cc4ccc(SC)cc4)c-3nc2=O)cc1. The highest BCUT2D eigenvalue weighted by atomic mass is 32.2. The summed E-state index contributed by atoms with van der Waals surface area (Å²) < 4.78 is 3.47. The van der Waals surface area contributed by atoms with E-state index in [1.165, 1.54) is 15.8 Å². The van der Waals surface area contributed by atoms with Crippen molar-refractivity contribution in [3.05, 3.63) is 82.8 Å². The molecule has 3 heterocycles. The molecule has 0 amide bonds. The molecule has 0 radical (unpaired) electrons.